The lowest BCUT2D eigenvalue weighted by Gasteiger charge is -2.06. The van der Waals surface area contributed by atoms with Gasteiger partial charge in [0.1, 0.15) is 5.76 Å². The van der Waals surface area contributed by atoms with Gasteiger partial charge in [-0.3, -0.25) is 0 Å². The molecule has 86 valence electrons. The van der Waals surface area contributed by atoms with Crippen LogP contribution in [0, 0.1) is 13.8 Å². The number of hydrogen-bond donors (Lipinski definition) is 1. The Morgan fingerprint density at radius 2 is 1.94 bits per heavy atom. The van der Waals surface area contributed by atoms with Crippen molar-refractivity contribution in [3.63, 3.8) is 0 Å². The number of hydrogen-bond acceptors (Lipinski definition) is 2. The lowest BCUT2D eigenvalue weighted by molar-refractivity contribution is 0.244. The summed E-state index contributed by atoms with van der Waals surface area (Å²) in [5.41, 5.74) is 10.1. The average Bonchev–Trinajstić information content (AvgIpc) is 2.23. The highest BCUT2D eigenvalue weighted by atomic mass is 16.5. The van der Waals surface area contributed by atoms with Gasteiger partial charge in [-0.05, 0) is 55.7 Å². The number of benzene rings is 1. The van der Waals surface area contributed by atoms with Crippen molar-refractivity contribution in [2.24, 2.45) is 0 Å². The highest BCUT2D eigenvalue weighted by Gasteiger charge is 1.99. The van der Waals surface area contributed by atoms with Crippen molar-refractivity contribution in [2.45, 2.75) is 20.8 Å². The first-order chi connectivity index (χ1) is 7.54. The van der Waals surface area contributed by atoms with Gasteiger partial charge in [-0.25, -0.2) is 0 Å². The molecule has 0 saturated carbocycles. The monoisotopic (exact) mass is 217 g/mol. The van der Waals surface area contributed by atoms with E-state index in [1.165, 1.54) is 0 Å². The molecule has 16 heavy (non-hydrogen) atoms. The zero-order valence-corrected chi connectivity index (χ0v) is 10.2. The average molecular weight is 217 g/mol. The number of nitrogens with two attached hydrogens (primary N) is 1. The summed E-state index contributed by atoms with van der Waals surface area (Å²) in [4.78, 5) is 0. The van der Waals surface area contributed by atoms with E-state index in [1.807, 2.05) is 32.9 Å². The van der Waals surface area contributed by atoms with Gasteiger partial charge in [0, 0.05) is 5.69 Å². The highest BCUT2D eigenvalue weighted by molar-refractivity contribution is 5.62. The van der Waals surface area contributed by atoms with E-state index in [9.17, 15) is 0 Å². The van der Waals surface area contributed by atoms with Crippen molar-refractivity contribution < 1.29 is 4.74 Å². The highest BCUT2D eigenvalue weighted by Crippen LogP contribution is 2.19. The lowest BCUT2D eigenvalue weighted by atomic mass is 10.0. The Labute approximate surface area is 97.4 Å². The van der Waals surface area contributed by atoms with Gasteiger partial charge in [0.2, 0.25) is 0 Å². The smallest absolute Gasteiger partial charge is 0.112 e. The molecule has 0 amide bonds. The van der Waals surface area contributed by atoms with Crippen LogP contribution in [0.25, 0.3) is 6.08 Å². The molecular formula is C14H19NO. The number of aryl methyl sites for hydroxylation is 2. The van der Waals surface area contributed by atoms with Crippen LogP contribution < -0.4 is 5.73 Å². The fraction of sp³-hybridized carbons (Fsp3) is 0.286. The SMILES string of the molecule is C=C(/C=C/c1cc(C)c(N)c(C)c1)OCC. The van der Waals surface area contributed by atoms with Gasteiger partial charge in [0.15, 0.2) is 0 Å². The van der Waals surface area contributed by atoms with Crippen molar-refractivity contribution in [3.8, 4) is 0 Å². The van der Waals surface area contributed by atoms with E-state index in [-0.39, 0.29) is 0 Å². The van der Waals surface area contributed by atoms with Gasteiger partial charge in [-0.1, -0.05) is 12.7 Å². The van der Waals surface area contributed by atoms with E-state index in [1.54, 1.807) is 0 Å². The van der Waals surface area contributed by atoms with Crippen LogP contribution in [0.2, 0.25) is 0 Å². The van der Waals surface area contributed by atoms with E-state index in [4.69, 9.17) is 10.5 Å². The van der Waals surface area contributed by atoms with Gasteiger partial charge >= 0.3 is 0 Å². The summed E-state index contributed by atoms with van der Waals surface area (Å²) in [6, 6.07) is 4.11. The van der Waals surface area contributed by atoms with Gasteiger partial charge < -0.3 is 10.5 Å². The Hall–Kier alpha value is -1.70. The van der Waals surface area contributed by atoms with Crippen molar-refractivity contribution in [1.29, 1.82) is 0 Å². The second-order valence-corrected chi connectivity index (χ2v) is 3.80. The third-order valence-corrected chi connectivity index (χ3v) is 2.41. The van der Waals surface area contributed by atoms with E-state index >= 15 is 0 Å². The summed E-state index contributed by atoms with van der Waals surface area (Å²) in [6.07, 6.45) is 3.85. The minimum Gasteiger partial charge on any atom is -0.495 e. The van der Waals surface area contributed by atoms with Gasteiger partial charge in [0.25, 0.3) is 0 Å². The van der Waals surface area contributed by atoms with Crippen molar-refractivity contribution in [2.75, 3.05) is 12.3 Å². The molecule has 0 radical (unpaired) electrons. The summed E-state index contributed by atoms with van der Waals surface area (Å²) in [7, 11) is 0. The number of ether oxygens (including phenoxy) is 1. The predicted octanol–water partition coefficient (Wildman–Crippen LogP) is 3.45. The normalized spacial score (nSPS) is 10.7. The molecule has 2 nitrogen and oxygen atoms in total. The zero-order chi connectivity index (χ0) is 12.1. The number of anilines is 1. The van der Waals surface area contributed by atoms with E-state index in [2.05, 4.69) is 18.7 Å². The van der Waals surface area contributed by atoms with E-state index in [0.717, 1.165) is 22.4 Å². The van der Waals surface area contributed by atoms with Crippen molar-refractivity contribution in [1.82, 2.24) is 0 Å². The quantitative estimate of drug-likeness (QED) is 0.476. The van der Waals surface area contributed by atoms with Crippen LogP contribution in [-0.2, 0) is 4.74 Å². The molecule has 0 aliphatic rings. The van der Waals surface area contributed by atoms with Crippen LogP contribution in [0.1, 0.15) is 23.6 Å². The molecule has 0 saturated heterocycles. The standard InChI is InChI=1S/C14H19NO/c1-5-16-12(4)6-7-13-8-10(2)14(15)11(3)9-13/h6-9H,4-5,15H2,1-3H3/b7-6+. The van der Waals surface area contributed by atoms with Gasteiger partial charge in [0.05, 0.1) is 6.61 Å². The second-order valence-electron chi connectivity index (χ2n) is 3.80. The fourth-order valence-electron chi connectivity index (χ4n) is 1.53. The Balaban J connectivity index is 2.86. The predicted molar refractivity (Wildman–Crippen MR) is 70.1 cm³/mol. The van der Waals surface area contributed by atoms with Crippen LogP contribution in [0.15, 0.2) is 30.5 Å². The van der Waals surface area contributed by atoms with Gasteiger partial charge in [-0.2, -0.15) is 0 Å². The Morgan fingerprint density at radius 3 is 2.44 bits per heavy atom. The van der Waals surface area contributed by atoms with E-state index in [0.29, 0.717) is 12.4 Å². The third kappa shape index (κ3) is 3.16. The molecule has 0 aliphatic heterocycles. The van der Waals surface area contributed by atoms with Gasteiger partial charge in [-0.15, -0.1) is 0 Å². The fourth-order valence-corrected chi connectivity index (χ4v) is 1.53. The molecule has 0 aliphatic carbocycles. The molecule has 0 bridgehead atoms. The number of rotatable bonds is 4. The second kappa shape index (κ2) is 5.40. The molecule has 1 aromatic carbocycles. The molecule has 0 spiro atoms. The number of allylic oxidation sites excluding steroid dienone is 1. The summed E-state index contributed by atoms with van der Waals surface area (Å²) in [5.74, 6) is 0.676. The van der Waals surface area contributed by atoms with Crippen LogP contribution >= 0.6 is 0 Å². The maximum absolute atomic E-state index is 5.89. The summed E-state index contributed by atoms with van der Waals surface area (Å²) in [6.45, 7) is 10.4. The Kier molecular flexibility index (Phi) is 4.18. The molecule has 2 heteroatoms. The Bertz CT molecular complexity index is 396. The zero-order valence-electron chi connectivity index (χ0n) is 10.2. The maximum atomic E-state index is 5.89. The van der Waals surface area contributed by atoms with Crippen molar-refractivity contribution >= 4 is 11.8 Å². The first-order valence-electron chi connectivity index (χ1n) is 5.41. The minimum absolute atomic E-state index is 0.642. The van der Waals surface area contributed by atoms with E-state index < -0.39 is 0 Å². The molecule has 0 heterocycles. The molecular weight excluding hydrogens is 198 g/mol. The van der Waals surface area contributed by atoms with Crippen molar-refractivity contribution in [3.05, 3.63) is 47.2 Å². The van der Waals surface area contributed by atoms with Crippen LogP contribution in [0.4, 0.5) is 5.69 Å². The molecule has 0 atom stereocenters. The summed E-state index contributed by atoms with van der Waals surface area (Å²) >= 11 is 0. The summed E-state index contributed by atoms with van der Waals surface area (Å²) < 4.78 is 5.24. The minimum atomic E-state index is 0.642. The first kappa shape index (κ1) is 12.4. The van der Waals surface area contributed by atoms with Crippen LogP contribution in [0.5, 0.6) is 0 Å². The lowest BCUT2D eigenvalue weighted by Crippen LogP contribution is -1.94. The molecule has 1 rings (SSSR count). The summed E-state index contributed by atoms with van der Waals surface area (Å²) in [5, 5.41) is 0. The van der Waals surface area contributed by atoms with Crippen LogP contribution in [-0.4, -0.2) is 6.61 Å². The first-order valence-corrected chi connectivity index (χ1v) is 5.41. The third-order valence-electron chi connectivity index (χ3n) is 2.41. The largest absolute Gasteiger partial charge is 0.495 e. The molecule has 2 N–H and O–H groups in total. The molecule has 1 aromatic rings. The molecule has 0 unspecified atom stereocenters. The number of nitrogen functional groups attached to an aromatic ring is 1. The molecule has 0 fully saturated rings. The topological polar surface area (TPSA) is 35.2 Å². The maximum Gasteiger partial charge on any atom is 0.112 e. The Morgan fingerprint density at radius 1 is 1.38 bits per heavy atom. The molecule has 0 aromatic heterocycles. The van der Waals surface area contributed by atoms with Crippen LogP contribution in [0.3, 0.4) is 0 Å².